The molecular formula is C16H16N2O4. The summed E-state index contributed by atoms with van der Waals surface area (Å²) < 4.78 is 0. The maximum atomic E-state index is 12.0. The average Bonchev–Trinajstić information content (AvgIpc) is 2.47. The number of nitrogens with one attached hydrogen (secondary N) is 2. The number of aromatic hydroxyl groups is 2. The van der Waals surface area contributed by atoms with E-state index < -0.39 is 18.0 Å². The zero-order chi connectivity index (χ0) is 16.1. The van der Waals surface area contributed by atoms with Crippen molar-refractivity contribution in [3.8, 4) is 11.5 Å². The summed E-state index contributed by atoms with van der Waals surface area (Å²) in [4.78, 5) is 24.0. The second-order valence-corrected chi connectivity index (χ2v) is 4.70. The number of rotatable bonds is 4. The van der Waals surface area contributed by atoms with Crippen molar-refractivity contribution in [1.82, 2.24) is 10.6 Å². The van der Waals surface area contributed by atoms with Crippen LogP contribution in [0.4, 0.5) is 0 Å². The largest absolute Gasteiger partial charge is 0.507 e. The van der Waals surface area contributed by atoms with Gasteiger partial charge in [0.25, 0.3) is 11.8 Å². The SMILES string of the molecule is CC(NC(=O)c1ccccc1O)NC(=O)c1ccccc1O. The smallest absolute Gasteiger partial charge is 0.256 e. The lowest BCUT2D eigenvalue weighted by molar-refractivity contribution is 0.0888. The van der Waals surface area contributed by atoms with Gasteiger partial charge in [-0.15, -0.1) is 0 Å². The van der Waals surface area contributed by atoms with Crippen molar-refractivity contribution in [3.63, 3.8) is 0 Å². The van der Waals surface area contributed by atoms with E-state index in [-0.39, 0.29) is 22.6 Å². The molecule has 0 aromatic heterocycles. The number of hydrogen-bond acceptors (Lipinski definition) is 4. The van der Waals surface area contributed by atoms with E-state index in [2.05, 4.69) is 10.6 Å². The van der Waals surface area contributed by atoms with Crippen molar-refractivity contribution in [2.24, 2.45) is 0 Å². The zero-order valence-electron chi connectivity index (χ0n) is 11.9. The molecule has 0 atom stereocenters. The minimum Gasteiger partial charge on any atom is -0.507 e. The van der Waals surface area contributed by atoms with Gasteiger partial charge in [0.2, 0.25) is 0 Å². The van der Waals surface area contributed by atoms with Gasteiger partial charge in [0.15, 0.2) is 0 Å². The van der Waals surface area contributed by atoms with Crippen molar-refractivity contribution in [2.75, 3.05) is 0 Å². The predicted molar refractivity (Wildman–Crippen MR) is 80.6 cm³/mol. The molecule has 6 nitrogen and oxygen atoms in total. The highest BCUT2D eigenvalue weighted by Gasteiger charge is 2.16. The summed E-state index contributed by atoms with van der Waals surface area (Å²) in [5.74, 6) is -1.30. The van der Waals surface area contributed by atoms with E-state index in [1.165, 1.54) is 24.3 Å². The van der Waals surface area contributed by atoms with Crippen LogP contribution < -0.4 is 10.6 Å². The highest BCUT2D eigenvalue weighted by molar-refractivity contribution is 5.99. The topological polar surface area (TPSA) is 98.7 Å². The highest BCUT2D eigenvalue weighted by Crippen LogP contribution is 2.16. The fraction of sp³-hybridized carbons (Fsp3) is 0.125. The number of phenolic OH excluding ortho intramolecular Hbond substituents is 2. The molecule has 0 saturated carbocycles. The van der Waals surface area contributed by atoms with Crippen LogP contribution in [0.5, 0.6) is 11.5 Å². The maximum absolute atomic E-state index is 12.0. The molecule has 2 amide bonds. The molecule has 0 spiro atoms. The van der Waals surface area contributed by atoms with Crippen molar-refractivity contribution in [2.45, 2.75) is 13.1 Å². The predicted octanol–water partition coefficient (Wildman–Crippen LogP) is 1.60. The van der Waals surface area contributed by atoms with Crippen molar-refractivity contribution < 1.29 is 19.8 Å². The molecule has 6 heteroatoms. The Morgan fingerprint density at radius 1 is 0.818 bits per heavy atom. The average molecular weight is 300 g/mol. The van der Waals surface area contributed by atoms with Crippen LogP contribution >= 0.6 is 0 Å². The lowest BCUT2D eigenvalue weighted by Gasteiger charge is -2.16. The van der Waals surface area contributed by atoms with Crippen LogP contribution in [0.25, 0.3) is 0 Å². The molecule has 2 aromatic carbocycles. The minimum atomic E-state index is -0.681. The molecule has 0 radical (unpaired) electrons. The second kappa shape index (κ2) is 6.62. The van der Waals surface area contributed by atoms with Crippen molar-refractivity contribution in [3.05, 3.63) is 59.7 Å². The van der Waals surface area contributed by atoms with Crippen LogP contribution in [0.15, 0.2) is 48.5 Å². The number of phenols is 2. The fourth-order valence-corrected chi connectivity index (χ4v) is 1.92. The third-order valence-corrected chi connectivity index (χ3v) is 2.99. The Hall–Kier alpha value is -3.02. The van der Waals surface area contributed by atoms with Gasteiger partial charge in [-0.05, 0) is 31.2 Å². The summed E-state index contributed by atoms with van der Waals surface area (Å²) in [7, 11) is 0. The molecule has 0 aliphatic rings. The van der Waals surface area contributed by atoms with Gasteiger partial charge in [-0.2, -0.15) is 0 Å². The number of carbonyl (C=O) groups excluding carboxylic acids is 2. The molecular weight excluding hydrogens is 284 g/mol. The molecule has 0 heterocycles. The van der Waals surface area contributed by atoms with E-state index in [4.69, 9.17) is 0 Å². The third kappa shape index (κ3) is 3.54. The van der Waals surface area contributed by atoms with E-state index in [1.54, 1.807) is 31.2 Å². The molecule has 0 aliphatic carbocycles. The van der Waals surface area contributed by atoms with Gasteiger partial charge >= 0.3 is 0 Å². The second-order valence-electron chi connectivity index (χ2n) is 4.70. The normalized spacial score (nSPS) is 10.3. The Labute approximate surface area is 127 Å². The van der Waals surface area contributed by atoms with Gasteiger partial charge in [-0.25, -0.2) is 0 Å². The van der Waals surface area contributed by atoms with Gasteiger partial charge < -0.3 is 20.8 Å². The van der Waals surface area contributed by atoms with E-state index in [9.17, 15) is 19.8 Å². The third-order valence-electron chi connectivity index (χ3n) is 2.99. The fourth-order valence-electron chi connectivity index (χ4n) is 1.92. The van der Waals surface area contributed by atoms with Crippen LogP contribution in [-0.2, 0) is 0 Å². The molecule has 0 fully saturated rings. The Balaban J connectivity index is 2.00. The summed E-state index contributed by atoms with van der Waals surface area (Å²) >= 11 is 0. The first-order chi connectivity index (χ1) is 10.5. The molecule has 0 saturated heterocycles. The first kappa shape index (κ1) is 15.4. The lowest BCUT2D eigenvalue weighted by Crippen LogP contribution is -2.45. The van der Waals surface area contributed by atoms with Gasteiger partial charge in [0, 0.05) is 0 Å². The Morgan fingerprint density at radius 2 is 1.18 bits per heavy atom. The van der Waals surface area contributed by atoms with Gasteiger partial charge in [-0.1, -0.05) is 24.3 Å². The summed E-state index contributed by atoms with van der Waals surface area (Å²) in [5, 5.41) is 24.3. The summed E-state index contributed by atoms with van der Waals surface area (Å²) in [6.07, 6.45) is -0.681. The lowest BCUT2D eigenvalue weighted by atomic mass is 10.2. The van der Waals surface area contributed by atoms with E-state index in [1.807, 2.05) is 0 Å². The molecule has 0 aliphatic heterocycles. The molecule has 22 heavy (non-hydrogen) atoms. The standard InChI is InChI=1S/C16H16N2O4/c1-10(17-15(21)11-6-2-4-8-13(11)19)18-16(22)12-7-3-5-9-14(12)20/h2-10,19-20H,1H3,(H,17,21)(H,18,22). The molecule has 2 aromatic rings. The van der Waals surface area contributed by atoms with E-state index in [0.29, 0.717) is 0 Å². The van der Waals surface area contributed by atoms with Crippen molar-refractivity contribution in [1.29, 1.82) is 0 Å². The Morgan fingerprint density at radius 3 is 1.55 bits per heavy atom. The van der Waals surface area contributed by atoms with Gasteiger partial charge in [-0.3, -0.25) is 9.59 Å². The molecule has 0 bridgehead atoms. The Kier molecular flexibility index (Phi) is 4.63. The van der Waals surface area contributed by atoms with Crippen LogP contribution in [0.3, 0.4) is 0 Å². The van der Waals surface area contributed by atoms with Crippen LogP contribution in [0, 0.1) is 0 Å². The van der Waals surface area contributed by atoms with E-state index >= 15 is 0 Å². The number of amides is 2. The Bertz CT molecular complexity index is 641. The van der Waals surface area contributed by atoms with Crippen LogP contribution in [0.2, 0.25) is 0 Å². The first-order valence-corrected chi connectivity index (χ1v) is 6.66. The zero-order valence-corrected chi connectivity index (χ0v) is 11.9. The highest BCUT2D eigenvalue weighted by atomic mass is 16.3. The van der Waals surface area contributed by atoms with Crippen LogP contribution in [-0.4, -0.2) is 28.2 Å². The van der Waals surface area contributed by atoms with E-state index in [0.717, 1.165) is 0 Å². The molecule has 4 N–H and O–H groups in total. The maximum Gasteiger partial charge on any atom is 0.256 e. The quantitative estimate of drug-likeness (QED) is 0.645. The first-order valence-electron chi connectivity index (χ1n) is 6.66. The van der Waals surface area contributed by atoms with Crippen molar-refractivity contribution >= 4 is 11.8 Å². The van der Waals surface area contributed by atoms with Gasteiger partial charge in [0.05, 0.1) is 17.3 Å². The number of para-hydroxylation sites is 2. The number of carbonyl (C=O) groups is 2. The van der Waals surface area contributed by atoms with Crippen LogP contribution in [0.1, 0.15) is 27.6 Å². The monoisotopic (exact) mass is 300 g/mol. The number of hydrogen-bond donors (Lipinski definition) is 4. The minimum absolute atomic E-state index is 0.117. The van der Waals surface area contributed by atoms with Gasteiger partial charge in [0.1, 0.15) is 11.5 Å². The summed E-state index contributed by atoms with van der Waals surface area (Å²) in [5.41, 5.74) is 0.234. The number of benzene rings is 2. The molecule has 114 valence electrons. The summed E-state index contributed by atoms with van der Waals surface area (Å²) in [6, 6.07) is 12.2. The molecule has 2 rings (SSSR count). The molecule has 0 unspecified atom stereocenters. The summed E-state index contributed by atoms with van der Waals surface area (Å²) in [6.45, 7) is 1.58.